The molecule has 0 heterocycles. The fraction of sp³-hybridized carbons (Fsp3) is 0.500. The molecule has 1 aromatic rings. The Morgan fingerprint density at radius 2 is 2.00 bits per heavy atom. The molecule has 0 aliphatic heterocycles. The fourth-order valence-corrected chi connectivity index (χ4v) is 1.56. The summed E-state index contributed by atoms with van der Waals surface area (Å²) in [5, 5.41) is 0. The van der Waals surface area contributed by atoms with Crippen LogP contribution in [0.1, 0.15) is 25.8 Å². The molecule has 1 aromatic carbocycles. The molecule has 2 N–H and O–H groups in total. The Morgan fingerprint density at radius 3 is 2.57 bits per heavy atom. The summed E-state index contributed by atoms with van der Waals surface area (Å²) in [7, 11) is 0. The molecule has 14 heavy (non-hydrogen) atoms. The summed E-state index contributed by atoms with van der Waals surface area (Å²) in [6.07, 6.45) is 1.66. The first kappa shape index (κ1) is 11.2. The normalized spacial score (nSPS) is 15.1. The predicted octanol–water partition coefficient (Wildman–Crippen LogP) is 2.74. The number of hydrogen-bond acceptors (Lipinski definition) is 1. The average Bonchev–Trinajstić information content (AvgIpc) is 2.20. The molecule has 2 unspecified atom stereocenters. The van der Waals surface area contributed by atoms with Gasteiger partial charge in [-0.05, 0) is 30.4 Å². The van der Waals surface area contributed by atoms with Crippen LogP contribution in [0.3, 0.4) is 0 Å². The van der Waals surface area contributed by atoms with Gasteiger partial charge in [-0.15, -0.1) is 0 Å². The molecule has 1 rings (SSSR count). The third-order valence-corrected chi connectivity index (χ3v) is 2.70. The monoisotopic (exact) mass is 195 g/mol. The minimum atomic E-state index is -0.123. The van der Waals surface area contributed by atoms with E-state index < -0.39 is 0 Å². The van der Waals surface area contributed by atoms with Crippen LogP contribution >= 0.6 is 0 Å². The fourth-order valence-electron chi connectivity index (χ4n) is 1.56. The Balaban J connectivity index is 2.64. The molecule has 2 atom stereocenters. The number of rotatable bonds is 4. The standard InChI is InChI=1S/C12H18FN/c1-3-12(14)9(2)8-10-6-4-5-7-11(10)13/h4-7,9,12H,3,8,14H2,1-2H3. The molecule has 78 valence electrons. The van der Waals surface area contributed by atoms with Gasteiger partial charge in [0, 0.05) is 6.04 Å². The molecule has 0 bridgehead atoms. The van der Waals surface area contributed by atoms with Crippen molar-refractivity contribution in [2.24, 2.45) is 11.7 Å². The molecule has 0 radical (unpaired) electrons. The van der Waals surface area contributed by atoms with Gasteiger partial charge in [0.05, 0.1) is 0 Å². The quantitative estimate of drug-likeness (QED) is 0.785. The van der Waals surface area contributed by atoms with Gasteiger partial charge in [0.25, 0.3) is 0 Å². The van der Waals surface area contributed by atoms with Crippen LogP contribution in [0.15, 0.2) is 24.3 Å². The SMILES string of the molecule is CCC(N)C(C)Cc1ccccc1F. The van der Waals surface area contributed by atoms with Gasteiger partial charge in [-0.1, -0.05) is 32.0 Å². The van der Waals surface area contributed by atoms with Crippen molar-refractivity contribution in [3.63, 3.8) is 0 Å². The van der Waals surface area contributed by atoms with E-state index in [0.29, 0.717) is 5.92 Å². The van der Waals surface area contributed by atoms with Gasteiger partial charge in [-0.25, -0.2) is 4.39 Å². The van der Waals surface area contributed by atoms with E-state index in [1.165, 1.54) is 6.07 Å². The summed E-state index contributed by atoms with van der Waals surface area (Å²) in [6, 6.07) is 7.06. The zero-order valence-electron chi connectivity index (χ0n) is 8.83. The van der Waals surface area contributed by atoms with Gasteiger partial charge in [0.1, 0.15) is 5.82 Å². The Bertz CT molecular complexity index is 285. The van der Waals surface area contributed by atoms with E-state index in [0.717, 1.165) is 18.4 Å². The molecule has 0 saturated carbocycles. The first-order valence-electron chi connectivity index (χ1n) is 5.14. The Labute approximate surface area is 85.1 Å². The van der Waals surface area contributed by atoms with Crippen molar-refractivity contribution < 1.29 is 4.39 Å². The van der Waals surface area contributed by atoms with E-state index in [2.05, 4.69) is 13.8 Å². The van der Waals surface area contributed by atoms with Gasteiger partial charge >= 0.3 is 0 Å². The molecule has 0 aliphatic rings. The molecule has 0 spiro atoms. The second-order valence-electron chi connectivity index (χ2n) is 3.84. The maximum absolute atomic E-state index is 13.3. The first-order chi connectivity index (χ1) is 6.65. The summed E-state index contributed by atoms with van der Waals surface area (Å²) < 4.78 is 13.3. The molecule has 0 aliphatic carbocycles. The Kier molecular flexibility index (Phi) is 4.08. The molecular weight excluding hydrogens is 177 g/mol. The highest BCUT2D eigenvalue weighted by molar-refractivity contribution is 5.17. The molecule has 2 heteroatoms. The lowest BCUT2D eigenvalue weighted by molar-refractivity contribution is 0.434. The van der Waals surface area contributed by atoms with E-state index in [1.54, 1.807) is 6.07 Å². The number of benzene rings is 1. The lowest BCUT2D eigenvalue weighted by Gasteiger charge is -2.18. The topological polar surface area (TPSA) is 26.0 Å². The molecule has 0 saturated heterocycles. The van der Waals surface area contributed by atoms with Crippen LogP contribution < -0.4 is 5.73 Å². The highest BCUT2D eigenvalue weighted by atomic mass is 19.1. The third kappa shape index (κ3) is 2.81. The van der Waals surface area contributed by atoms with Crippen molar-refractivity contribution in [1.82, 2.24) is 0 Å². The van der Waals surface area contributed by atoms with Crippen molar-refractivity contribution in [3.8, 4) is 0 Å². The number of halogens is 1. The van der Waals surface area contributed by atoms with Crippen LogP contribution in [0.25, 0.3) is 0 Å². The van der Waals surface area contributed by atoms with Crippen molar-refractivity contribution in [3.05, 3.63) is 35.6 Å². The van der Waals surface area contributed by atoms with Gasteiger partial charge in [0.2, 0.25) is 0 Å². The van der Waals surface area contributed by atoms with Crippen LogP contribution in [-0.4, -0.2) is 6.04 Å². The van der Waals surface area contributed by atoms with E-state index in [4.69, 9.17) is 5.73 Å². The first-order valence-corrected chi connectivity index (χ1v) is 5.14. The number of hydrogen-bond donors (Lipinski definition) is 1. The lowest BCUT2D eigenvalue weighted by Crippen LogP contribution is -2.28. The molecule has 0 amide bonds. The van der Waals surface area contributed by atoms with Crippen LogP contribution in [0, 0.1) is 11.7 Å². The van der Waals surface area contributed by atoms with Gasteiger partial charge in [-0.3, -0.25) is 0 Å². The van der Waals surface area contributed by atoms with Gasteiger partial charge < -0.3 is 5.73 Å². The largest absolute Gasteiger partial charge is 0.327 e. The zero-order valence-corrected chi connectivity index (χ0v) is 8.83. The highest BCUT2D eigenvalue weighted by Crippen LogP contribution is 2.15. The number of nitrogens with two attached hydrogens (primary N) is 1. The van der Waals surface area contributed by atoms with Crippen LogP contribution in [0.5, 0.6) is 0 Å². The van der Waals surface area contributed by atoms with Gasteiger partial charge in [0.15, 0.2) is 0 Å². The average molecular weight is 195 g/mol. The van der Waals surface area contributed by atoms with Gasteiger partial charge in [-0.2, -0.15) is 0 Å². The van der Waals surface area contributed by atoms with E-state index in [9.17, 15) is 4.39 Å². The van der Waals surface area contributed by atoms with Crippen LogP contribution in [-0.2, 0) is 6.42 Å². The predicted molar refractivity (Wildman–Crippen MR) is 57.5 cm³/mol. The summed E-state index contributed by atoms with van der Waals surface area (Å²) in [5.41, 5.74) is 6.66. The van der Waals surface area contributed by atoms with Crippen molar-refractivity contribution in [1.29, 1.82) is 0 Å². The Hall–Kier alpha value is -0.890. The Morgan fingerprint density at radius 1 is 1.36 bits per heavy atom. The van der Waals surface area contributed by atoms with E-state index in [1.807, 2.05) is 12.1 Å². The summed E-state index contributed by atoms with van der Waals surface area (Å²) in [4.78, 5) is 0. The lowest BCUT2D eigenvalue weighted by atomic mass is 9.93. The summed E-state index contributed by atoms with van der Waals surface area (Å²) in [6.45, 7) is 4.13. The molecule has 0 fully saturated rings. The third-order valence-electron chi connectivity index (χ3n) is 2.70. The minimum Gasteiger partial charge on any atom is -0.327 e. The van der Waals surface area contributed by atoms with Crippen LogP contribution in [0.2, 0.25) is 0 Å². The van der Waals surface area contributed by atoms with E-state index in [-0.39, 0.29) is 11.9 Å². The summed E-state index contributed by atoms with van der Waals surface area (Å²) in [5.74, 6) is 0.208. The highest BCUT2D eigenvalue weighted by Gasteiger charge is 2.12. The van der Waals surface area contributed by atoms with E-state index >= 15 is 0 Å². The second-order valence-corrected chi connectivity index (χ2v) is 3.84. The van der Waals surface area contributed by atoms with Crippen molar-refractivity contribution in [2.45, 2.75) is 32.7 Å². The second kappa shape index (κ2) is 5.11. The molecule has 1 nitrogen and oxygen atoms in total. The van der Waals surface area contributed by atoms with Crippen molar-refractivity contribution >= 4 is 0 Å². The van der Waals surface area contributed by atoms with Crippen molar-refractivity contribution in [2.75, 3.05) is 0 Å². The summed E-state index contributed by atoms with van der Waals surface area (Å²) >= 11 is 0. The van der Waals surface area contributed by atoms with Crippen LogP contribution in [0.4, 0.5) is 4.39 Å². The minimum absolute atomic E-state index is 0.123. The molecular formula is C12H18FN. The zero-order chi connectivity index (χ0) is 10.6. The maximum Gasteiger partial charge on any atom is 0.126 e. The molecule has 0 aromatic heterocycles. The maximum atomic E-state index is 13.3. The smallest absolute Gasteiger partial charge is 0.126 e.